The standard InChI is InChI=1S/C18H23F2N5O2/c1-23(2)18(26)21-10-14-9-15-12-24(7-8-25(15)22-14)11-13-3-5-16(6-4-13)27-17(19)20/h3-6,9,17H,7-8,10-12H2,1-2H3,(H,21,26). The lowest BCUT2D eigenvalue weighted by molar-refractivity contribution is -0.0498. The van der Waals surface area contributed by atoms with Gasteiger partial charge in [-0.3, -0.25) is 9.58 Å². The monoisotopic (exact) mass is 379 g/mol. The van der Waals surface area contributed by atoms with E-state index in [9.17, 15) is 13.6 Å². The van der Waals surface area contributed by atoms with E-state index in [-0.39, 0.29) is 11.8 Å². The van der Waals surface area contributed by atoms with Crippen LogP contribution in [0.25, 0.3) is 0 Å². The lowest BCUT2D eigenvalue weighted by atomic mass is 10.2. The highest BCUT2D eigenvalue weighted by Gasteiger charge is 2.19. The van der Waals surface area contributed by atoms with Crippen molar-refractivity contribution >= 4 is 6.03 Å². The Hall–Kier alpha value is -2.68. The van der Waals surface area contributed by atoms with Crippen molar-refractivity contribution in [3.63, 3.8) is 0 Å². The first-order chi connectivity index (χ1) is 12.9. The van der Waals surface area contributed by atoms with Crippen molar-refractivity contribution < 1.29 is 18.3 Å². The van der Waals surface area contributed by atoms with Crippen molar-refractivity contribution in [2.45, 2.75) is 32.8 Å². The number of carbonyl (C=O) groups excluding carboxylic acids is 1. The number of amides is 2. The number of rotatable bonds is 6. The Morgan fingerprint density at radius 1 is 1.30 bits per heavy atom. The smallest absolute Gasteiger partial charge is 0.387 e. The normalized spacial score (nSPS) is 14.1. The molecule has 0 bridgehead atoms. The van der Waals surface area contributed by atoms with Gasteiger partial charge in [0.15, 0.2) is 0 Å². The van der Waals surface area contributed by atoms with Crippen LogP contribution in [0.1, 0.15) is 17.0 Å². The Morgan fingerprint density at radius 2 is 2.04 bits per heavy atom. The third kappa shape index (κ3) is 5.16. The van der Waals surface area contributed by atoms with Crippen LogP contribution in [0.15, 0.2) is 30.3 Å². The summed E-state index contributed by atoms with van der Waals surface area (Å²) in [6, 6.07) is 8.56. The molecule has 3 rings (SSSR count). The van der Waals surface area contributed by atoms with Crippen LogP contribution in [0.2, 0.25) is 0 Å². The molecule has 0 spiro atoms. The van der Waals surface area contributed by atoms with Crippen LogP contribution in [0, 0.1) is 0 Å². The minimum Gasteiger partial charge on any atom is -0.435 e. The van der Waals surface area contributed by atoms with Gasteiger partial charge in [0.05, 0.1) is 24.5 Å². The first kappa shape index (κ1) is 19.1. The van der Waals surface area contributed by atoms with E-state index in [2.05, 4.69) is 20.1 Å². The SMILES string of the molecule is CN(C)C(=O)NCc1cc2n(n1)CCN(Cc1ccc(OC(F)F)cc1)C2. The van der Waals surface area contributed by atoms with Gasteiger partial charge in [0.2, 0.25) is 0 Å². The van der Waals surface area contributed by atoms with Crippen LogP contribution in [-0.4, -0.2) is 52.9 Å². The van der Waals surface area contributed by atoms with Gasteiger partial charge in [-0.2, -0.15) is 13.9 Å². The van der Waals surface area contributed by atoms with Crippen molar-refractivity contribution in [2.75, 3.05) is 20.6 Å². The summed E-state index contributed by atoms with van der Waals surface area (Å²) in [5.41, 5.74) is 2.95. The number of aromatic nitrogens is 2. The molecule has 0 radical (unpaired) electrons. The number of nitrogens with zero attached hydrogens (tertiary/aromatic N) is 4. The summed E-state index contributed by atoms with van der Waals surface area (Å²) in [6.07, 6.45) is 0. The number of nitrogens with one attached hydrogen (secondary N) is 1. The molecule has 1 N–H and O–H groups in total. The third-order valence-corrected chi connectivity index (χ3v) is 4.31. The number of hydrogen-bond acceptors (Lipinski definition) is 4. The van der Waals surface area contributed by atoms with Gasteiger partial charge in [0.25, 0.3) is 0 Å². The van der Waals surface area contributed by atoms with E-state index in [1.807, 2.05) is 10.7 Å². The largest absolute Gasteiger partial charge is 0.435 e. The van der Waals surface area contributed by atoms with Crippen LogP contribution in [0.4, 0.5) is 13.6 Å². The number of halogens is 2. The van der Waals surface area contributed by atoms with Crippen molar-refractivity contribution in [3.8, 4) is 5.75 Å². The summed E-state index contributed by atoms with van der Waals surface area (Å²) in [5.74, 6) is 0.162. The number of hydrogen-bond donors (Lipinski definition) is 1. The van der Waals surface area contributed by atoms with Gasteiger partial charge >= 0.3 is 12.6 Å². The average molecular weight is 379 g/mol. The second-order valence-electron chi connectivity index (χ2n) is 6.64. The molecular weight excluding hydrogens is 356 g/mol. The Kier molecular flexibility index (Phi) is 5.90. The lowest BCUT2D eigenvalue weighted by Crippen LogP contribution is -2.34. The summed E-state index contributed by atoms with van der Waals surface area (Å²) < 4.78 is 30.8. The Bertz CT molecular complexity index is 777. The topological polar surface area (TPSA) is 62.6 Å². The average Bonchev–Trinajstić information content (AvgIpc) is 3.03. The number of fused-ring (bicyclic) bond motifs is 1. The molecule has 1 aromatic carbocycles. The molecule has 0 fully saturated rings. The molecule has 146 valence electrons. The summed E-state index contributed by atoms with van der Waals surface area (Å²) in [7, 11) is 3.38. The molecule has 0 unspecified atom stereocenters. The number of carbonyl (C=O) groups is 1. The predicted octanol–water partition coefficient (Wildman–Crippen LogP) is 2.27. The van der Waals surface area contributed by atoms with Gasteiger partial charge in [-0.15, -0.1) is 0 Å². The maximum Gasteiger partial charge on any atom is 0.387 e. The first-order valence-electron chi connectivity index (χ1n) is 8.67. The highest BCUT2D eigenvalue weighted by atomic mass is 19.3. The molecule has 1 aliphatic heterocycles. The molecule has 0 aliphatic carbocycles. The fourth-order valence-electron chi connectivity index (χ4n) is 2.96. The van der Waals surface area contributed by atoms with Crippen LogP contribution < -0.4 is 10.1 Å². The maximum atomic E-state index is 12.2. The fraction of sp³-hybridized carbons (Fsp3) is 0.444. The number of alkyl halides is 2. The summed E-state index contributed by atoms with van der Waals surface area (Å²) >= 11 is 0. The highest BCUT2D eigenvalue weighted by molar-refractivity contribution is 5.73. The molecule has 0 saturated heterocycles. The molecule has 2 amide bonds. The summed E-state index contributed by atoms with van der Waals surface area (Å²) in [6.45, 7) is 0.644. The molecular formula is C18H23F2N5O2. The fourth-order valence-corrected chi connectivity index (χ4v) is 2.96. The zero-order chi connectivity index (χ0) is 19.4. The third-order valence-electron chi connectivity index (χ3n) is 4.31. The maximum absolute atomic E-state index is 12.2. The zero-order valence-electron chi connectivity index (χ0n) is 15.4. The van der Waals surface area contributed by atoms with Gasteiger partial charge < -0.3 is 15.0 Å². The van der Waals surface area contributed by atoms with Crippen molar-refractivity contribution in [1.82, 2.24) is 24.9 Å². The van der Waals surface area contributed by atoms with Gasteiger partial charge in [-0.05, 0) is 23.8 Å². The summed E-state index contributed by atoms with van der Waals surface area (Å²) in [5, 5.41) is 7.34. The van der Waals surface area contributed by atoms with Gasteiger partial charge in [-0.25, -0.2) is 4.79 Å². The van der Waals surface area contributed by atoms with E-state index in [1.165, 1.54) is 4.90 Å². The molecule has 9 heteroatoms. The molecule has 0 saturated carbocycles. The minimum atomic E-state index is -2.81. The molecule has 2 aromatic rings. The molecule has 0 atom stereocenters. The van der Waals surface area contributed by atoms with Gasteiger partial charge in [-0.1, -0.05) is 12.1 Å². The number of urea groups is 1. The van der Waals surface area contributed by atoms with Gasteiger partial charge in [0, 0.05) is 33.7 Å². The highest BCUT2D eigenvalue weighted by Crippen LogP contribution is 2.19. The second kappa shape index (κ2) is 8.34. The van der Waals surface area contributed by atoms with E-state index in [1.54, 1.807) is 38.4 Å². The van der Waals surface area contributed by atoms with E-state index in [4.69, 9.17) is 0 Å². The molecule has 27 heavy (non-hydrogen) atoms. The quantitative estimate of drug-likeness (QED) is 0.837. The Balaban J connectivity index is 1.55. The van der Waals surface area contributed by atoms with Crippen molar-refractivity contribution in [3.05, 3.63) is 47.3 Å². The number of benzene rings is 1. The lowest BCUT2D eigenvalue weighted by Gasteiger charge is -2.27. The van der Waals surface area contributed by atoms with Crippen LogP contribution in [0.3, 0.4) is 0 Å². The molecule has 2 heterocycles. The second-order valence-corrected chi connectivity index (χ2v) is 6.64. The summed E-state index contributed by atoms with van der Waals surface area (Å²) in [4.78, 5) is 15.4. The minimum absolute atomic E-state index is 0.151. The van der Waals surface area contributed by atoms with E-state index < -0.39 is 6.61 Å². The van der Waals surface area contributed by atoms with Crippen LogP contribution in [-0.2, 0) is 26.2 Å². The molecule has 1 aromatic heterocycles. The van der Waals surface area contributed by atoms with Gasteiger partial charge in [0.1, 0.15) is 5.75 Å². The molecule has 1 aliphatic rings. The Labute approximate surface area is 156 Å². The van der Waals surface area contributed by atoms with Crippen LogP contribution in [0.5, 0.6) is 5.75 Å². The first-order valence-corrected chi connectivity index (χ1v) is 8.67. The van der Waals surface area contributed by atoms with Crippen molar-refractivity contribution in [1.29, 1.82) is 0 Å². The number of ether oxygens (including phenoxy) is 1. The van der Waals surface area contributed by atoms with Crippen molar-refractivity contribution in [2.24, 2.45) is 0 Å². The van der Waals surface area contributed by atoms with E-state index in [0.29, 0.717) is 13.1 Å². The predicted molar refractivity (Wildman–Crippen MR) is 95.3 cm³/mol. The molecule has 7 nitrogen and oxygen atoms in total. The Morgan fingerprint density at radius 3 is 2.70 bits per heavy atom. The van der Waals surface area contributed by atoms with Crippen LogP contribution >= 0.6 is 0 Å². The van der Waals surface area contributed by atoms with E-state index in [0.717, 1.165) is 36.6 Å². The van der Waals surface area contributed by atoms with E-state index >= 15 is 0 Å². The zero-order valence-corrected chi connectivity index (χ0v) is 15.4.